The molecule has 3 atom stereocenters. The fraction of sp³-hybridized carbons (Fsp3) is 0.588. The molecule has 23 heavy (non-hydrogen) atoms. The van der Waals surface area contributed by atoms with Crippen LogP contribution in [0.5, 0.6) is 5.88 Å². The van der Waals surface area contributed by atoms with Gasteiger partial charge in [0.25, 0.3) is 0 Å². The van der Waals surface area contributed by atoms with E-state index in [1.165, 1.54) is 12.8 Å². The van der Waals surface area contributed by atoms with Crippen molar-refractivity contribution in [3.8, 4) is 5.88 Å². The number of aromatic nitrogens is 3. The maximum atomic E-state index is 6.14. The number of rotatable bonds is 0. The van der Waals surface area contributed by atoms with Gasteiger partial charge in [-0.3, -0.25) is 0 Å². The van der Waals surface area contributed by atoms with Crippen LogP contribution in [0.1, 0.15) is 29.9 Å². The maximum Gasteiger partial charge on any atom is 0.227 e. The van der Waals surface area contributed by atoms with Crippen LogP contribution in [-0.4, -0.2) is 46.2 Å². The first-order chi connectivity index (χ1) is 11.1. The van der Waals surface area contributed by atoms with Crippen molar-refractivity contribution in [3.63, 3.8) is 0 Å². The number of hydrogen-bond donors (Lipinski definition) is 1. The van der Waals surface area contributed by atoms with Crippen molar-refractivity contribution in [2.45, 2.75) is 51.7 Å². The van der Waals surface area contributed by atoms with Crippen LogP contribution in [0.4, 0.5) is 5.82 Å². The third-order valence-electron chi connectivity index (χ3n) is 5.60. The number of nitrogens with one attached hydrogen (secondary N) is 1. The van der Waals surface area contributed by atoms with Crippen LogP contribution in [0.2, 0.25) is 0 Å². The van der Waals surface area contributed by atoms with Crippen molar-refractivity contribution in [3.05, 3.63) is 17.1 Å². The number of fused-ring (bicyclic) bond motifs is 5. The standard InChI is InChI=1S/C17H21N5O/c1-8-9(2)18-17-14-15(8)19-10(3)20-16(14)22-6-11-4-5-12(21-11)13(22)7-23-17/h11-13,21H,4-7H2,1-3H3/t11-,12+,13+/m1/s1. The number of nitrogens with zero attached hydrogens (tertiary/aromatic N) is 4. The van der Waals surface area contributed by atoms with E-state index in [0.29, 0.717) is 30.6 Å². The zero-order chi connectivity index (χ0) is 15.7. The number of anilines is 1. The van der Waals surface area contributed by atoms with E-state index < -0.39 is 0 Å². The van der Waals surface area contributed by atoms with Gasteiger partial charge in [-0.25, -0.2) is 15.0 Å². The Morgan fingerprint density at radius 1 is 1.13 bits per heavy atom. The minimum absolute atomic E-state index is 0.320. The molecule has 0 spiro atoms. The largest absolute Gasteiger partial charge is 0.475 e. The van der Waals surface area contributed by atoms with Gasteiger partial charge in [-0.05, 0) is 39.2 Å². The van der Waals surface area contributed by atoms with Gasteiger partial charge in [0, 0.05) is 24.3 Å². The zero-order valence-corrected chi connectivity index (χ0v) is 13.8. The van der Waals surface area contributed by atoms with E-state index in [-0.39, 0.29) is 0 Å². The van der Waals surface area contributed by atoms with Crippen LogP contribution in [0.25, 0.3) is 10.9 Å². The van der Waals surface area contributed by atoms with E-state index in [9.17, 15) is 0 Å². The lowest BCUT2D eigenvalue weighted by Gasteiger charge is -2.40. The number of pyridine rings is 1. The average molecular weight is 311 g/mol. The topological polar surface area (TPSA) is 63.2 Å². The second kappa shape index (κ2) is 4.54. The van der Waals surface area contributed by atoms with Crippen molar-refractivity contribution in [2.24, 2.45) is 0 Å². The molecule has 0 radical (unpaired) electrons. The molecule has 3 aliphatic rings. The Bertz CT molecular complexity index is 820. The Balaban J connectivity index is 1.80. The average Bonchev–Trinajstić information content (AvgIpc) is 2.84. The van der Waals surface area contributed by atoms with Crippen molar-refractivity contribution in [2.75, 3.05) is 18.1 Å². The van der Waals surface area contributed by atoms with E-state index in [1.807, 2.05) is 13.8 Å². The monoisotopic (exact) mass is 311 g/mol. The quantitative estimate of drug-likeness (QED) is 0.798. The van der Waals surface area contributed by atoms with Crippen LogP contribution in [0.3, 0.4) is 0 Å². The summed E-state index contributed by atoms with van der Waals surface area (Å²) in [6.07, 6.45) is 2.45. The van der Waals surface area contributed by atoms with E-state index in [0.717, 1.165) is 40.3 Å². The first-order valence-electron chi connectivity index (χ1n) is 8.43. The van der Waals surface area contributed by atoms with Gasteiger partial charge >= 0.3 is 0 Å². The second-order valence-corrected chi connectivity index (χ2v) is 7.02. The fourth-order valence-corrected chi connectivity index (χ4v) is 4.30. The molecule has 2 fully saturated rings. The van der Waals surface area contributed by atoms with E-state index in [1.54, 1.807) is 0 Å². The van der Waals surface area contributed by atoms with Crippen LogP contribution in [0, 0.1) is 20.8 Å². The molecule has 0 amide bonds. The summed E-state index contributed by atoms with van der Waals surface area (Å²) in [5, 5.41) is 4.72. The Morgan fingerprint density at radius 3 is 2.87 bits per heavy atom. The summed E-state index contributed by atoms with van der Waals surface area (Å²) in [6.45, 7) is 7.73. The molecule has 0 saturated carbocycles. The van der Waals surface area contributed by atoms with E-state index >= 15 is 0 Å². The molecule has 0 aromatic carbocycles. The SMILES string of the molecule is Cc1nc2c3c(nc(C)c(C)c3n1)OC[C@H]1[C@@H]3CC[C@H](CN21)N3. The molecule has 0 aliphatic carbocycles. The maximum absolute atomic E-state index is 6.14. The summed E-state index contributed by atoms with van der Waals surface area (Å²) < 4.78 is 6.14. The summed E-state index contributed by atoms with van der Waals surface area (Å²) in [4.78, 5) is 16.6. The van der Waals surface area contributed by atoms with Gasteiger partial charge in [0.1, 0.15) is 23.6 Å². The highest BCUT2D eigenvalue weighted by Gasteiger charge is 2.43. The minimum Gasteiger partial charge on any atom is -0.475 e. The Labute approximate surface area is 135 Å². The van der Waals surface area contributed by atoms with Crippen LogP contribution in [0.15, 0.2) is 0 Å². The van der Waals surface area contributed by atoms with Crippen molar-refractivity contribution < 1.29 is 4.74 Å². The third kappa shape index (κ3) is 1.81. The lowest BCUT2D eigenvalue weighted by atomic mass is 10.1. The van der Waals surface area contributed by atoms with Gasteiger partial charge in [-0.1, -0.05) is 0 Å². The molecule has 5 heterocycles. The summed E-state index contributed by atoms with van der Waals surface area (Å²) in [5.41, 5.74) is 3.09. The first-order valence-corrected chi connectivity index (χ1v) is 8.43. The number of hydrogen-bond acceptors (Lipinski definition) is 6. The van der Waals surface area contributed by atoms with Crippen molar-refractivity contribution in [1.82, 2.24) is 20.3 Å². The Hall–Kier alpha value is -1.95. The molecular weight excluding hydrogens is 290 g/mol. The number of ether oxygens (including phenoxy) is 1. The molecule has 6 heteroatoms. The normalized spacial score (nSPS) is 28.5. The van der Waals surface area contributed by atoms with Crippen LogP contribution >= 0.6 is 0 Å². The highest BCUT2D eigenvalue weighted by atomic mass is 16.5. The molecule has 120 valence electrons. The lowest BCUT2D eigenvalue weighted by Crippen LogP contribution is -2.60. The highest BCUT2D eigenvalue weighted by Crippen LogP contribution is 2.40. The first kappa shape index (κ1) is 13.5. The molecule has 2 aromatic rings. The molecule has 2 aromatic heterocycles. The molecule has 0 unspecified atom stereocenters. The number of piperazine rings is 1. The molecule has 2 saturated heterocycles. The molecule has 1 N–H and O–H groups in total. The molecule has 3 aliphatic heterocycles. The molecule has 6 nitrogen and oxygen atoms in total. The molecular formula is C17H21N5O. The predicted molar refractivity (Wildman–Crippen MR) is 88.1 cm³/mol. The summed E-state index contributed by atoms with van der Waals surface area (Å²) in [7, 11) is 0. The zero-order valence-electron chi connectivity index (χ0n) is 13.8. The Morgan fingerprint density at radius 2 is 2.00 bits per heavy atom. The number of aryl methyl sites for hydroxylation is 3. The predicted octanol–water partition coefficient (Wildman–Crippen LogP) is 1.65. The summed E-state index contributed by atoms with van der Waals surface area (Å²) in [5.74, 6) is 2.53. The van der Waals surface area contributed by atoms with Crippen LogP contribution in [-0.2, 0) is 0 Å². The third-order valence-corrected chi connectivity index (χ3v) is 5.60. The summed E-state index contributed by atoms with van der Waals surface area (Å²) >= 11 is 0. The summed E-state index contributed by atoms with van der Waals surface area (Å²) in [6, 6.07) is 1.36. The van der Waals surface area contributed by atoms with Gasteiger partial charge in [0.05, 0.1) is 11.6 Å². The van der Waals surface area contributed by atoms with Gasteiger partial charge in [0.15, 0.2) is 0 Å². The minimum atomic E-state index is 0.320. The van der Waals surface area contributed by atoms with E-state index in [4.69, 9.17) is 19.7 Å². The lowest BCUT2D eigenvalue weighted by molar-refractivity contribution is 0.238. The highest BCUT2D eigenvalue weighted by molar-refractivity contribution is 5.96. The smallest absolute Gasteiger partial charge is 0.227 e. The Kier molecular flexibility index (Phi) is 2.66. The molecule has 5 rings (SSSR count). The molecule has 2 bridgehead atoms. The fourth-order valence-electron chi connectivity index (χ4n) is 4.30. The van der Waals surface area contributed by atoms with Crippen LogP contribution < -0.4 is 15.0 Å². The van der Waals surface area contributed by atoms with Gasteiger partial charge in [0.2, 0.25) is 5.88 Å². The van der Waals surface area contributed by atoms with Crippen molar-refractivity contribution in [1.29, 1.82) is 0 Å². The van der Waals surface area contributed by atoms with Crippen molar-refractivity contribution >= 4 is 16.7 Å². The van der Waals surface area contributed by atoms with Gasteiger partial charge in [-0.2, -0.15) is 0 Å². The second-order valence-electron chi connectivity index (χ2n) is 7.02. The van der Waals surface area contributed by atoms with Gasteiger partial charge < -0.3 is 15.0 Å². The van der Waals surface area contributed by atoms with E-state index in [2.05, 4.69) is 17.1 Å². The van der Waals surface area contributed by atoms with Gasteiger partial charge in [-0.15, -0.1) is 0 Å².